The summed E-state index contributed by atoms with van der Waals surface area (Å²) in [6.45, 7) is 6.51. The Morgan fingerprint density at radius 2 is 1.63 bits per heavy atom. The van der Waals surface area contributed by atoms with Gasteiger partial charge in [-0.2, -0.15) is 0 Å². The smallest absolute Gasteiger partial charge is 0.418 e. The lowest BCUT2D eigenvalue weighted by molar-refractivity contribution is -0.147. The molecule has 0 aliphatic heterocycles. The van der Waals surface area contributed by atoms with Crippen molar-refractivity contribution >= 4 is 34.8 Å². The monoisotopic (exact) mass is 476 g/mol. The highest BCUT2D eigenvalue weighted by molar-refractivity contribution is 6.09. The van der Waals surface area contributed by atoms with E-state index in [2.05, 4.69) is 0 Å². The lowest BCUT2D eigenvalue weighted by atomic mass is 10.0. The summed E-state index contributed by atoms with van der Waals surface area (Å²) in [5, 5.41) is 0.759. The van der Waals surface area contributed by atoms with E-state index >= 15 is 0 Å². The average Bonchev–Trinajstić information content (AvgIpc) is 3.41. The Morgan fingerprint density at radius 1 is 1.00 bits per heavy atom. The molecule has 1 aromatic heterocycles. The fraction of sp³-hybridized carbons (Fsp3) is 0.333. The van der Waals surface area contributed by atoms with Crippen molar-refractivity contribution in [3.8, 4) is 0 Å². The van der Waals surface area contributed by atoms with Gasteiger partial charge in [-0.3, -0.25) is 14.2 Å². The van der Waals surface area contributed by atoms with Crippen LogP contribution in [0.5, 0.6) is 0 Å². The molecule has 1 saturated carbocycles. The van der Waals surface area contributed by atoms with Crippen molar-refractivity contribution in [3.63, 3.8) is 0 Å². The minimum Gasteiger partial charge on any atom is -0.467 e. The Balaban J connectivity index is 1.88. The summed E-state index contributed by atoms with van der Waals surface area (Å²) in [7, 11) is 1.22. The van der Waals surface area contributed by atoms with Gasteiger partial charge in [0.1, 0.15) is 5.60 Å². The number of ether oxygens (including phenoxy) is 2. The molecule has 1 heterocycles. The van der Waals surface area contributed by atoms with Gasteiger partial charge in [0.2, 0.25) is 5.91 Å². The minimum absolute atomic E-state index is 0.142. The van der Waals surface area contributed by atoms with Crippen molar-refractivity contribution in [2.24, 2.45) is 0 Å². The second kappa shape index (κ2) is 8.69. The van der Waals surface area contributed by atoms with Crippen LogP contribution in [0.25, 0.3) is 10.9 Å². The number of hydrogen-bond donors (Lipinski definition) is 0. The third kappa shape index (κ3) is 4.20. The van der Waals surface area contributed by atoms with Gasteiger partial charge >= 0.3 is 12.1 Å². The zero-order valence-corrected chi connectivity index (χ0v) is 20.4. The topological polar surface area (TPSA) is 94.9 Å². The van der Waals surface area contributed by atoms with Gasteiger partial charge in [-0.1, -0.05) is 36.4 Å². The fourth-order valence-corrected chi connectivity index (χ4v) is 4.55. The van der Waals surface area contributed by atoms with Crippen molar-refractivity contribution in [2.75, 3.05) is 7.11 Å². The Hall–Kier alpha value is -3.94. The number of imide groups is 1. The quantitative estimate of drug-likeness (QED) is 0.503. The number of aromatic nitrogens is 1. The molecule has 3 aromatic rings. The first kappa shape index (κ1) is 24.2. The summed E-state index contributed by atoms with van der Waals surface area (Å²) in [6, 6.07) is 15.6. The molecule has 0 bridgehead atoms. The van der Waals surface area contributed by atoms with Crippen LogP contribution in [0.4, 0.5) is 4.79 Å². The van der Waals surface area contributed by atoms with Gasteiger partial charge < -0.3 is 9.47 Å². The average molecular weight is 477 g/mol. The number of hydrogen-bond acceptors (Lipinski definition) is 6. The van der Waals surface area contributed by atoms with E-state index in [1.54, 1.807) is 57.3 Å². The van der Waals surface area contributed by atoms with E-state index < -0.39 is 35.0 Å². The van der Waals surface area contributed by atoms with Crippen LogP contribution in [0, 0.1) is 0 Å². The zero-order chi connectivity index (χ0) is 25.5. The van der Waals surface area contributed by atoms with Crippen LogP contribution in [-0.4, -0.2) is 51.6 Å². The molecule has 1 aliphatic rings. The zero-order valence-electron chi connectivity index (χ0n) is 20.4. The summed E-state index contributed by atoms with van der Waals surface area (Å²) in [4.78, 5) is 53.6. The molecule has 35 heavy (non-hydrogen) atoms. The van der Waals surface area contributed by atoms with E-state index in [0.29, 0.717) is 11.1 Å². The van der Waals surface area contributed by atoms with Gasteiger partial charge in [0.15, 0.2) is 5.54 Å². The molecule has 4 rings (SSSR count). The lowest BCUT2D eigenvalue weighted by Crippen LogP contribution is -2.53. The van der Waals surface area contributed by atoms with E-state index in [1.165, 1.54) is 18.6 Å². The van der Waals surface area contributed by atoms with Crippen molar-refractivity contribution in [2.45, 2.75) is 51.2 Å². The molecule has 0 saturated heterocycles. The summed E-state index contributed by atoms with van der Waals surface area (Å²) in [5.41, 5.74) is -0.929. The van der Waals surface area contributed by atoms with Crippen LogP contribution in [0.3, 0.4) is 0 Å². The molecule has 0 radical (unpaired) electrons. The standard InChI is InChI=1S/C27H28N2O6/c1-17(30)28-16-20(19-13-9-10-14-22(19)28)21-15-27(21,24(32)34-5)29(25(33)35-26(2,3)4)23(31)18-11-7-6-8-12-18/h6-14,16,21H,15H2,1-5H3/t21-,27+/m0/s1. The lowest BCUT2D eigenvalue weighted by Gasteiger charge is -2.31. The number of amides is 2. The number of benzene rings is 2. The van der Waals surface area contributed by atoms with Crippen LogP contribution in [0.15, 0.2) is 60.8 Å². The first-order valence-electron chi connectivity index (χ1n) is 11.3. The molecule has 1 aliphatic carbocycles. The maximum atomic E-state index is 13.7. The molecule has 0 unspecified atom stereocenters. The van der Waals surface area contributed by atoms with E-state index in [-0.39, 0.29) is 17.9 Å². The van der Waals surface area contributed by atoms with Crippen molar-refractivity contribution in [1.29, 1.82) is 0 Å². The normalized spacial score (nSPS) is 19.2. The summed E-state index contributed by atoms with van der Waals surface area (Å²) in [5.74, 6) is -2.16. The van der Waals surface area contributed by atoms with Crippen LogP contribution in [0.1, 0.15) is 60.7 Å². The molecule has 0 N–H and O–H groups in total. The number of fused-ring (bicyclic) bond motifs is 1. The van der Waals surface area contributed by atoms with Gasteiger partial charge in [0.05, 0.1) is 12.6 Å². The van der Waals surface area contributed by atoms with Crippen LogP contribution < -0.4 is 0 Å². The summed E-state index contributed by atoms with van der Waals surface area (Å²) in [6.07, 6.45) is 0.876. The van der Waals surface area contributed by atoms with Crippen LogP contribution in [0.2, 0.25) is 0 Å². The first-order valence-corrected chi connectivity index (χ1v) is 11.3. The van der Waals surface area contributed by atoms with Crippen LogP contribution in [-0.2, 0) is 14.3 Å². The molecular weight excluding hydrogens is 448 g/mol. The highest BCUT2D eigenvalue weighted by Crippen LogP contribution is 2.58. The van der Waals surface area contributed by atoms with Crippen molar-refractivity contribution in [1.82, 2.24) is 9.47 Å². The number of rotatable bonds is 4. The van der Waals surface area contributed by atoms with Crippen molar-refractivity contribution in [3.05, 3.63) is 71.9 Å². The number of carbonyl (C=O) groups is 4. The number of methoxy groups -OCH3 is 1. The second-order valence-corrected chi connectivity index (χ2v) is 9.65. The summed E-state index contributed by atoms with van der Waals surface area (Å²) < 4.78 is 12.2. The molecule has 2 amide bonds. The number of nitrogens with zero attached hydrogens (tertiary/aromatic N) is 2. The molecule has 8 nitrogen and oxygen atoms in total. The predicted molar refractivity (Wildman–Crippen MR) is 129 cm³/mol. The predicted octanol–water partition coefficient (Wildman–Crippen LogP) is 4.78. The highest BCUT2D eigenvalue weighted by Gasteiger charge is 2.70. The number of para-hydroxylation sites is 1. The van der Waals surface area contributed by atoms with Gasteiger partial charge in [0, 0.05) is 30.0 Å². The molecule has 2 aromatic carbocycles. The Labute approximate surface area is 203 Å². The van der Waals surface area contributed by atoms with E-state index in [4.69, 9.17) is 9.47 Å². The molecule has 0 spiro atoms. The van der Waals surface area contributed by atoms with Crippen LogP contribution >= 0.6 is 0 Å². The minimum atomic E-state index is -1.62. The van der Waals surface area contributed by atoms with Gasteiger partial charge in [0.25, 0.3) is 5.91 Å². The maximum Gasteiger partial charge on any atom is 0.418 e. The van der Waals surface area contributed by atoms with Gasteiger partial charge in [-0.25, -0.2) is 14.5 Å². The van der Waals surface area contributed by atoms with Gasteiger partial charge in [-0.15, -0.1) is 0 Å². The van der Waals surface area contributed by atoms with Gasteiger partial charge in [-0.05, 0) is 51.0 Å². The SMILES string of the molecule is COC(=O)[C@@]1(N(C(=O)OC(C)(C)C)C(=O)c2ccccc2)C[C@H]1c1cn(C(C)=O)c2ccccc12. The Morgan fingerprint density at radius 3 is 2.23 bits per heavy atom. The molecule has 182 valence electrons. The third-order valence-corrected chi connectivity index (χ3v) is 6.13. The van der Waals surface area contributed by atoms with E-state index in [0.717, 1.165) is 10.3 Å². The highest BCUT2D eigenvalue weighted by atomic mass is 16.6. The van der Waals surface area contributed by atoms with E-state index in [9.17, 15) is 19.2 Å². The third-order valence-electron chi connectivity index (χ3n) is 6.13. The molecule has 2 atom stereocenters. The molecule has 1 fully saturated rings. The number of carbonyl (C=O) groups excluding carboxylic acids is 4. The first-order chi connectivity index (χ1) is 16.5. The van der Waals surface area contributed by atoms with E-state index in [1.807, 2.05) is 24.3 Å². The largest absolute Gasteiger partial charge is 0.467 e. The second-order valence-electron chi connectivity index (χ2n) is 9.65. The Bertz CT molecular complexity index is 1320. The van der Waals surface area contributed by atoms with Crippen molar-refractivity contribution < 1.29 is 28.7 Å². The maximum absolute atomic E-state index is 13.7. The molecule has 8 heteroatoms. The fourth-order valence-electron chi connectivity index (χ4n) is 4.55. The Kier molecular flexibility index (Phi) is 6.00. The number of esters is 1. The summed E-state index contributed by atoms with van der Waals surface area (Å²) >= 11 is 0. The molecular formula is C27H28N2O6.